The van der Waals surface area contributed by atoms with E-state index in [1.54, 1.807) is 5.38 Å². The van der Waals surface area contributed by atoms with Gasteiger partial charge in [-0.1, -0.05) is 41.9 Å². The Balaban J connectivity index is 1.63. The number of halogens is 1. The summed E-state index contributed by atoms with van der Waals surface area (Å²) in [5, 5.41) is 1.77. The van der Waals surface area contributed by atoms with Crippen molar-refractivity contribution in [3.63, 3.8) is 0 Å². The first-order valence-electron chi connectivity index (χ1n) is 8.33. The third-order valence-corrected chi connectivity index (χ3v) is 5.58. The second-order valence-corrected chi connectivity index (χ2v) is 7.83. The van der Waals surface area contributed by atoms with Crippen LogP contribution >= 0.6 is 22.9 Å². The van der Waals surface area contributed by atoms with Gasteiger partial charge in [-0.2, -0.15) is 0 Å². The highest BCUT2D eigenvalue weighted by Gasteiger charge is 2.44. The molecule has 0 aliphatic carbocycles. The van der Waals surface area contributed by atoms with Gasteiger partial charge in [-0.25, -0.2) is 4.98 Å². The minimum atomic E-state index is -0.915. The Hall–Kier alpha value is -1.96. The lowest BCUT2D eigenvalue weighted by Crippen LogP contribution is -2.54. The van der Waals surface area contributed by atoms with E-state index in [0.717, 1.165) is 12.0 Å². The number of hydrogen-bond donors (Lipinski definition) is 1. The summed E-state index contributed by atoms with van der Waals surface area (Å²) in [6.07, 6.45) is 1.34. The molecule has 1 aliphatic heterocycles. The Kier molecular flexibility index (Phi) is 5.90. The number of nitrogens with two attached hydrogens (primary N) is 1. The minimum absolute atomic E-state index is 0.111. The van der Waals surface area contributed by atoms with Crippen LogP contribution in [0.1, 0.15) is 24.1 Å². The molecule has 1 unspecified atom stereocenters. The lowest BCUT2D eigenvalue weighted by Gasteiger charge is -2.39. The number of carbonyl (C=O) groups is 2. The quantitative estimate of drug-likeness (QED) is 0.761. The molecule has 1 fully saturated rings. The smallest absolute Gasteiger partial charge is 0.320 e. The molecule has 2 N–H and O–H groups in total. The maximum absolute atomic E-state index is 12.2. The Morgan fingerprint density at radius 3 is 2.77 bits per heavy atom. The third-order valence-electron chi connectivity index (χ3n) is 4.60. The van der Waals surface area contributed by atoms with Crippen molar-refractivity contribution >= 4 is 34.8 Å². The van der Waals surface area contributed by atoms with Gasteiger partial charge >= 0.3 is 5.97 Å². The number of aromatic nitrogens is 1. The zero-order chi connectivity index (χ0) is 18.6. The Labute approximate surface area is 160 Å². The van der Waals surface area contributed by atoms with Crippen LogP contribution in [0.5, 0.6) is 0 Å². The van der Waals surface area contributed by atoms with Crippen molar-refractivity contribution in [1.82, 2.24) is 9.88 Å². The standard InChI is InChI=1S/C18H20ClN3O3S/c19-17-21-14(11-26-17)18(16(20)24)7-4-8-22(12-18)9-15(23)25-10-13-5-2-1-3-6-13/h1-3,5-6,11H,4,7-10,12H2,(H2,20,24). The average Bonchev–Trinajstić information content (AvgIpc) is 3.08. The van der Waals surface area contributed by atoms with Crippen molar-refractivity contribution < 1.29 is 14.3 Å². The number of rotatable bonds is 6. The SMILES string of the molecule is NC(=O)C1(c2csc(Cl)n2)CCCN(CC(=O)OCc2ccccc2)C1. The predicted molar refractivity (Wildman–Crippen MR) is 99.9 cm³/mol. The molecule has 1 aliphatic rings. The molecule has 3 rings (SSSR count). The molecule has 138 valence electrons. The molecule has 26 heavy (non-hydrogen) atoms. The number of carbonyl (C=O) groups excluding carboxylic acids is 2. The highest BCUT2D eigenvalue weighted by atomic mass is 35.5. The molecule has 0 saturated carbocycles. The number of ether oxygens (including phenoxy) is 1. The summed E-state index contributed by atoms with van der Waals surface area (Å²) in [4.78, 5) is 30.6. The monoisotopic (exact) mass is 393 g/mol. The van der Waals surface area contributed by atoms with Crippen LogP contribution in [0, 0.1) is 0 Å². The number of piperidine rings is 1. The number of esters is 1. The van der Waals surface area contributed by atoms with Crippen molar-refractivity contribution in [2.45, 2.75) is 24.9 Å². The Morgan fingerprint density at radius 2 is 2.12 bits per heavy atom. The summed E-state index contributed by atoms with van der Waals surface area (Å²) >= 11 is 7.21. The molecule has 2 heterocycles. The fourth-order valence-corrected chi connectivity index (χ4v) is 4.12. The molecule has 0 bridgehead atoms. The molecule has 1 amide bonds. The number of amides is 1. The largest absolute Gasteiger partial charge is 0.460 e. The average molecular weight is 394 g/mol. The van der Waals surface area contributed by atoms with Crippen molar-refractivity contribution in [2.24, 2.45) is 5.73 Å². The molecule has 8 heteroatoms. The molecule has 0 spiro atoms. The van der Waals surface area contributed by atoms with Crippen LogP contribution in [-0.4, -0.2) is 41.4 Å². The maximum atomic E-state index is 12.2. The van der Waals surface area contributed by atoms with E-state index < -0.39 is 11.3 Å². The van der Waals surface area contributed by atoms with Crippen LogP contribution in [0.3, 0.4) is 0 Å². The van der Waals surface area contributed by atoms with Gasteiger partial charge in [-0.15, -0.1) is 11.3 Å². The van der Waals surface area contributed by atoms with E-state index in [0.29, 0.717) is 29.7 Å². The highest BCUT2D eigenvalue weighted by Crippen LogP contribution is 2.35. The van der Waals surface area contributed by atoms with Gasteiger partial charge in [0.05, 0.1) is 12.2 Å². The summed E-state index contributed by atoms with van der Waals surface area (Å²) in [6, 6.07) is 9.51. The van der Waals surface area contributed by atoms with Crippen LogP contribution < -0.4 is 5.73 Å². The van der Waals surface area contributed by atoms with Crippen molar-refractivity contribution in [1.29, 1.82) is 0 Å². The lowest BCUT2D eigenvalue weighted by molar-refractivity contribution is -0.147. The molecule has 2 aromatic rings. The van der Waals surface area contributed by atoms with Gasteiger partial charge in [0.25, 0.3) is 0 Å². The maximum Gasteiger partial charge on any atom is 0.320 e. The van der Waals surface area contributed by atoms with Gasteiger partial charge in [0.1, 0.15) is 12.0 Å². The molecule has 6 nitrogen and oxygen atoms in total. The van der Waals surface area contributed by atoms with Crippen LogP contribution in [-0.2, 0) is 26.3 Å². The highest BCUT2D eigenvalue weighted by molar-refractivity contribution is 7.14. The molecule has 1 atom stereocenters. The number of hydrogen-bond acceptors (Lipinski definition) is 6. The zero-order valence-electron chi connectivity index (χ0n) is 14.2. The summed E-state index contributed by atoms with van der Waals surface area (Å²) in [7, 11) is 0. The number of likely N-dealkylation sites (tertiary alicyclic amines) is 1. The van der Waals surface area contributed by atoms with E-state index in [1.165, 1.54) is 11.3 Å². The second kappa shape index (κ2) is 8.16. The topological polar surface area (TPSA) is 85.5 Å². The Morgan fingerprint density at radius 1 is 1.35 bits per heavy atom. The van der Waals surface area contributed by atoms with Crippen LogP contribution in [0.4, 0.5) is 0 Å². The van der Waals surface area contributed by atoms with Crippen molar-refractivity contribution in [2.75, 3.05) is 19.6 Å². The number of nitrogens with zero attached hydrogens (tertiary/aromatic N) is 2. The summed E-state index contributed by atoms with van der Waals surface area (Å²) < 4.78 is 5.71. The molecule has 1 aromatic carbocycles. The van der Waals surface area contributed by atoms with Crippen LogP contribution in [0.25, 0.3) is 0 Å². The van der Waals surface area contributed by atoms with E-state index in [-0.39, 0.29) is 19.1 Å². The fraction of sp³-hybridized carbons (Fsp3) is 0.389. The van der Waals surface area contributed by atoms with Gasteiger partial charge in [0.2, 0.25) is 5.91 Å². The summed E-state index contributed by atoms with van der Waals surface area (Å²) in [5.41, 5.74) is 6.31. The first-order valence-corrected chi connectivity index (χ1v) is 9.59. The molecule has 1 saturated heterocycles. The van der Waals surface area contributed by atoms with Crippen molar-refractivity contribution in [3.8, 4) is 0 Å². The van der Waals surface area contributed by atoms with Gasteiger partial charge in [0.15, 0.2) is 4.47 Å². The van der Waals surface area contributed by atoms with Gasteiger partial charge in [-0.3, -0.25) is 14.5 Å². The first-order chi connectivity index (χ1) is 12.5. The minimum Gasteiger partial charge on any atom is -0.460 e. The normalized spacial score (nSPS) is 20.7. The lowest BCUT2D eigenvalue weighted by atomic mass is 9.76. The van der Waals surface area contributed by atoms with Crippen molar-refractivity contribution in [3.05, 3.63) is 51.4 Å². The second-order valence-electron chi connectivity index (χ2n) is 6.39. The fourth-order valence-electron chi connectivity index (χ4n) is 3.25. The molecule has 1 aromatic heterocycles. The molecular formula is C18H20ClN3O3S. The van der Waals surface area contributed by atoms with Crippen LogP contribution in [0.15, 0.2) is 35.7 Å². The summed E-state index contributed by atoms with van der Waals surface area (Å²) in [6.45, 7) is 1.38. The predicted octanol–water partition coefficient (Wildman–Crippen LogP) is 2.36. The van der Waals surface area contributed by atoms with Gasteiger partial charge < -0.3 is 10.5 Å². The van der Waals surface area contributed by atoms with E-state index in [2.05, 4.69) is 4.98 Å². The van der Waals surface area contributed by atoms with E-state index >= 15 is 0 Å². The van der Waals surface area contributed by atoms with E-state index in [9.17, 15) is 9.59 Å². The van der Waals surface area contributed by atoms with Crippen LogP contribution in [0.2, 0.25) is 4.47 Å². The summed E-state index contributed by atoms with van der Waals surface area (Å²) in [5.74, 6) is -0.771. The van der Waals surface area contributed by atoms with E-state index in [1.807, 2.05) is 35.2 Å². The molecule has 0 radical (unpaired) electrons. The number of primary amides is 1. The van der Waals surface area contributed by atoms with Gasteiger partial charge in [0, 0.05) is 11.9 Å². The molecular weight excluding hydrogens is 374 g/mol. The third kappa shape index (κ3) is 4.23. The zero-order valence-corrected chi connectivity index (χ0v) is 15.8. The Bertz CT molecular complexity index is 783. The van der Waals surface area contributed by atoms with Gasteiger partial charge in [-0.05, 0) is 24.9 Å². The number of thiazole rings is 1. The number of benzene rings is 1. The first kappa shape index (κ1) is 18.8. The van der Waals surface area contributed by atoms with E-state index in [4.69, 9.17) is 22.1 Å².